The molecule has 2 aromatic rings. The van der Waals surface area contributed by atoms with Gasteiger partial charge in [-0.3, -0.25) is 0 Å². The van der Waals surface area contributed by atoms with Gasteiger partial charge in [0.1, 0.15) is 23.9 Å². The minimum atomic E-state index is 0.626. The van der Waals surface area contributed by atoms with Gasteiger partial charge in [-0.05, 0) is 29.3 Å². The van der Waals surface area contributed by atoms with Crippen LogP contribution in [0, 0.1) is 0 Å². The minimum absolute atomic E-state index is 0.626. The van der Waals surface area contributed by atoms with E-state index in [1.807, 2.05) is 24.3 Å². The highest BCUT2D eigenvalue weighted by Gasteiger charge is 2.11. The molecule has 22 heavy (non-hydrogen) atoms. The molecule has 3 rings (SSSR count). The minimum Gasteiger partial charge on any atom is -0.497 e. The number of nitrogens with one attached hydrogen (secondary N) is 1. The van der Waals surface area contributed by atoms with E-state index in [4.69, 9.17) is 14.2 Å². The first kappa shape index (κ1) is 14.7. The third kappa shape index (κ3) is 3.71. The van der Waals surface area contributed by atoms with E-state index in [2.05, 4.69) is 23.5 Å². The van der Waals surface area contributed by atoms with Crippen LogP contribution < -0.4 is 19.5 Å². The molecule has 0 atom stereocenters. The van der Waals surface area contributed by atoms with Crippen molar-refractivity contribution in [2.45, 2.75) is 13.0 Å². The van der Waals surface area contributed by atoms with E-state index in [1.54, 1.807) is 7.11 Å². The third-order valence-corrected chi connectivity index (χ3v) is 3.67. The van der Waals surface area contributed by atoms with E-state index in [1.165, 1.54) is 11.1 Å². The summed E-state index contributed by atoms with van der Waals surface area (Å²) in [5.74, 6) is 2.67. The first-order valence-corrected chi connectivity index (χ1v) is 7.57. The Morgan fingerprint density at radius 2 is 2.05 bits per heavy atom. The van der Waals surface area contributed by atoms with Crippen LogP contribution in [0.25, 0.3) is 0 Å². The van der Waals surface area contributed by atoms with Crippen molar-refractivity contribution in [3.63, 3.8) is 0 Å². The van der Waals surface area contributed by atoms with Gasteiger partial charge in [-0.25, -0.2) is 0 Å². The molecule has 0 aromatic heterocycles. The van der Waals surface area contributed by atoms with Crippen molar-refractivity contribution in [2.75, 3.05) is 26.9 Å². The van der Waals surface area contributed by atoms with Crippen molar-refractivity contribution in [1.82, 2.24) is 5.32 Å². The molecule has 0 aliphatic carbocycles. The molecule has 0 saturated carbocycles. The summed E-state index contributed by atoms with van der Waals surface area (Å²) in [7, 11) is 1.66. The maximum absolute atomic E-state index is 5.70. The van der Waals surface area contributed by atoms with E-state index >= 15 is 0 Å². The van der Waals surface area contributed by atoms with Crippen LogP contribution in [0.1, 0.15) is 11.1 Å². The van der Waals surface area contributed by atoms with Crippen molar-refractivity contribution >= 4 is 0 Å². The van der Waals surface area contributed by atoms with Gasteiger partial charge in [-0.1, -0.05) is 18.2 Å². The zero-order valence-corrected chi connectivity index (χ0v) is 12.8. The molecular formula is C18H21NO3. The van der Waals surface area contributed by atoms with Gasteiger partial charge in [0.15, 0.2) is 0 Å². The SMILES string of the molecule is COc1cccc(OCCNCc2ccc3c(c2)CCO3)c1. The highest BCUT2D eigenvalue weighted by Crippen LogP contribution is 2.25. The van der Waals surface area contributed by atoms with Gasteiger partial charge >= 0.3 is 0 Å². The summed E-state index contributed by atoms with van der Waals surface area (Å²) in [6, 6.07) is 14.0. The number of fused-ring (bicyclic) bond motifs is 1. The number of hydrogen-bond acceptors (Lipinski definition) is 4. The second-order valence-electron chi connectivity index (χ2n) is 5.24. The van der Waals surface area contributed by atoms with Gasteiger partial charge in [0.2, 0.25) is 0 Å². The molecule has 1 aliphatic rings. The molecule has 0 fully saturated rings. The van der Waals surface area contributed by atoms with Gasteiger partial charge in [0.05, 0.1) is 13.7 Å². The Hall–Kier alpha value is -2.20. The maximum atomic E-state index is 5.70. The molecule has 0 saturated heterocycles. The molecule has 4 nitrogen and oxygen atoms in total. The lowest BCUT2D eigenvalue weighted by Gasteiger charge is -2.09. The summed E-state index contributed by atoms with van der Waals surface area (Å²) in [4.78, 5) is 0. The van der Waals surface area contributed by atoms with Crippen molar-refractivity contribution in [3.8, 4) is 17.2 Å². The fraction of sp³-hybridized carbons (Fsp3) is 0.333. The van der Waals surface area contributed by atoms with Gasteiger partial charge in [-0.2, -0.15) is 0 Å². The molecule has 0 unspecified atom stereocenters. The van der Waals surface area contributed by atoms with Crippen LogP contribution in [0.2, 0.25) is 0 Å². The first-order valence-electron chi connectivity index (χ1n) is 7.57. The van der Waals surface area contributed by atoms with Gasteiger partial charge in [0, 0.05) is 25.6 Å². The van der Waals surface area contributed by atoms with E-state index < -0.39 is 0 Å². The molecule has 116 valence electrons. The standard InChI is InChI=1S/C18H21NO3/c1-20-16-3-2-4-17(12-16)21-10-8-19-13-14-5-6-18-15(11-14)7-9-22-18/h2-6,11-12,19H,7-10,13H2,1H3. The van der Waals surface area contributed by atoms with Crippen molar-refractivity contribution in [2.24, 2.45) is 0 Å². The topological polar surface area (TPSA) is 39.7 Å². The summed E-state index contributed by atoms with van der Waals surface area (Å²) < 4.78 is 16.4. The van der Waals surface area contributed by atoms with Crippen LogP contribution >= 0.6 is 0 Å². The van der Waals surface area contributed by atoms with Crippen molar-refractivity contribution in [1.29, 1.82) is 0 Å². The maximum Gasteiger partial charge on any atom is 0.123 e. The van der Waals surface area contributed by atoms with E-state index in [-0.39, 0.29) is 0 Å². The predicted molar refractivity (Wildman–Crippen MR) is 85.8 cm³/mol. The lowest BCUT2D eigenvalue weighted by molar-refractivity contribution is 0.311. The average Bonchev–Trinajstić information content (AvgIpc) is 3.02. The zero-order chi connectivity index (χ0) is 15.2. The Morgan fingerprint density at radius 1 is 1.14 bits per heavy atom. The fourth-order valence-corrected chi connectivity index (χ4v) is 2.51. The van der Waals surface area contributed by atoms with Gasteiger partial charge in [-0.15, -0.1) is 0 Å². The smallest absolute Gasteiger partial charge is 0.123 e. The van der Waals surface area contributed by atoms with Crippen LogP contribution in [0.3, 0.4) is 0 Å². The van der Waals surface area contributed by atoms with Crippen LogP contribution in [-0.2, 0) is 13.0 Å². The Bertz CT molecular complexity index is 627. The van der Waals surface area contributed by atoms with Gasteiger partial charge in [0.25, 0.3) is 0 Å². The summed E-state index contributed by atoms with van der Waals surface area (Å²) in [5, 5.41) is 3.39. The van der Waals surface area contributed by atoms with Crippen LogP contribution in [0.5, 0.6) is 17.2 Å². The highest BCUT2D eigenvalue weighted by atomic mass is 16.5. The van der Waals surface area contributed by atoms with Crippen molar-refractivity contribution < 1.29 is 14.2 Å². The lowest BCUT2D eigenvalue weighted by atomic mass is 10.1. The average molecular weight is 299 g/mol. The molecule has 1 heterocycles. The normalized spacial score (nSPS) is 12.6. The predicted octanol–water partition coefficient (Wildman–Crippen LogP) is 2.80. The van der Waals surface area contributed by atoms with E-state index in [0.717, 1.165) is 43.4 Å². The molecule has 2 aromatic carbocycles. The summed E-state index contributed by atoms with van der Waals surface area (Å²) in [6.07, 6.45) is 1.02. The molecule has 1 N–H and O–H groups in total. The summed E-state index contributed by atoms with van der Waals surface area (Å²) >= 11 is 0. The quantitative estimate of drug-likeness (QED) is 0.798. The number of ether oxygens (including phenoxy) is 3. The largest absolute Gasteiger partial charge is 0.497 e. The molecule has 0 bridgehead atoms. The molecule has 0 radical (unpaired) electrons. The first-order chi connectivity index (χ1) is 10.8. The number of methoxy groups -OCH3 is 1. The van der Waals surface area contributed by atoms with Crippen LogP contribution in [0.4, 0.5) is 0 Å². The molecule has 4 heteroatoms. The molecule has 1 aliphatic heterocycles. The van der Waals surface area contributed by atoms with Crippen LogP contribution in [0.15, 0.2) is 42.5 Å². The summed E-state index contributed by atoms with van der Waals surface area (Å²) in [6.45, 7) is 3.07. The number of benzene rings is 2. The molecule has 0 spiro atoms. The second-order valence-corrected chi connectivity index (χ2v) is 5.24. The second kappa shape index (κ2) is 7.18. The van der Waals surface area contributed by atoms with Crippen LogP contribution in [-0.4, -0.2) is 26.9 Å². The Morgan fingerprint density at radius 3 is 2.95 bits per heavy atom. The Labute approximate surface area is 131 Å². The van der Waals surface area contributed by atoms with Gasteiger partial charge < -0.3 is 19.5 Å². The third-order valence-electron chi connectivity index (χ3n) is 3.67. The monoisotopic (exact) mass is 299 g/mol. The molecular weight excluding hydrogens is 278 g/mol. The lowest BCUT2D eigenvalue weighted by Crippen LogP contribution is -2.20. The number of rotatable bonds is 7. The highest BCUT2D eigenvalue weighted by molar-refractivity contribution is 5.39. The van der Waals surface area contributed by atoms with E-state index in [9.17, 15) is 0 Å². The zero-order valence-electron chi connectivity index (χ0n) is 12.8. The van der Waals surface area contributed by atoms with E-state index in [0.29, 0.717) is 6.61 Å². The molecule has 0 amide bonds. The Kier molecular flexibility index (Phi) is 4.81. The number of hydrogen-bond donors (Lipinski definition) is 1. The fourth-order valence-electron chi connectivity index (χ4n) is 2.51. The Balaban J connectivity index is 1.40. The van der Waals surface area contributed by atoms with Crippen molar-refractivity contribution in [3.05, 3.63) is 53.6 Å². The summed E-state index contributed by atoms with van der Waals surface area (Å²) in [5.41, 5.74) is 2.59.